The summed E-state index contributed by atoms with van der Waals surface area (Å²) in [7, 11) is 0. The summed E-state index contributed by atoms with van der Waals surface area (Å²) in [6, 6.07) is 49.0. The molecule has 4 bridgehead atoms. The van der Waals surface area contributed by atoms with E-state index < -0.39 is 0 Å². The molecule has 3 heteroatoms. The molecule has 6 aromatic rings. The average molecular weight is 732 g/mol. The van der Waals surface area contributed by atoms with Crippen molar-refractivity contribution in [3.63, 3.8) is 0 Å². The van der Waals surface area contributed by atoms with E-state index in [0.29, 0.717) is 5.56 Å². The molecule has 4 aliphatic carbocycles. The largest absolute Gasteiger partial charge is 0.228 e. The molecule has 0 saturated heterocycles. The van der Waals surface area contributed by atoms with E-state index in [0.717, 1.165) is 51.3 Å². The molecule has 4 saturated carbocycles. The van der Waals surface area contributed by atoms with Gasteiger partial charge in [-0.25, -0.2) is 9.97 Å². The second-order valence-electron chi connectivity index (χ2n) is 19.5. The van der Waals surface area contributed by atoms with Crippen LogP contribution in [0.25, 0.3) is 45.0 Å². The lowest BCUT2D eigenvalue weighted by atomic mass is 9.41. The molecule has 0 aliphatic heterocycles. The summed E-state index contributed by atoms with van der Waals surface area (Å²) >= 11 is 0. The first-order chi connectivity index (χ1) is 26.8. The summed E-state index contributed by atoms with van der Waals surface area (Å²) in [5, 5.41) is 9.45. The normalized spacial score (nSPS) is 22.9. The highest BCUT2D eigenvalue weighted by Crippen LogP contribution is 2.66. The second-order valence-corrected chi connectivity index (χ2v) is 19.5. The highest BCUT2D eigenvalue weighted by atomic mass is 14.9. The van der Waals surface area contributed by atoms with Crippen LogP contribution < -0.4 is 0 Å². The molecule has 0 radical (unpaired) electrons. The summed E-state index contributed by atoms with van der Waals surface area (Å²) in [5.41, 5.74) is 14.3. The minimum absolute atomic E-state index is 0.0877. The first-order valence-electron chi connectivity index (χ1n) is 20.6. The minimum Gasteiger partial charge on any atom is -0.228 e. The summed E-state index contributed by atoms with van der Waals surface area (Å²) in [6.45, 7) is 13.5. The van der Waals surface area contributed by atoms with Crippen molar-refractivity contribution in [3.05, 3.63) is 155 Å². The number of benzene rings is 5. The van der Waals surface area contributed by atoms with Gasteiger partial charge >= 0.3 is 0 Å². The third kappa shape index (κ3) is 6.68. The molecule has 280 valence electrons. The van der Waals surface area contributed by atoms with Crippen LogP contribution in [0, 0.1) is 23.2 Å². The van der Waals surface area contributed by atoms with Crippen molar-refractivity contribution in [1.29, 1.82) is 5.26 Å². The number of hydrogen-bond acceptors (Lipinski definition) is 3. The van der Waals surface area contributed by atoms with E-state index in [2.05, 4.69) is 157 Å². The molecule has 56 heavy (non-hydrogen) atoms. The molecular formula is C53H53N3. The number of nitriles is 1. The van der Waals surface area contributed by atoms with Crippen molar-refractivity contribution in [2.45, 2.75) is 102 Å². The van der Waals surface area contributed by atoms with Crippen molar-refractivity contribution in [2.24, 2.45) is 11.8 Å². The summed E-state index contributed by atoms with van der Waals surface area (Å²) in [6.07, 6.45) is 7.75. The molecule has 4 aliphatic rings. The van der Waals surface area contributed by atoms with Crippen molar-refractivity contribution < 1.29 is 0 Å². The fourth-order valence-corrected chi connectivity index (χ4v) is 10.8. The average Bonchev–Trinajstić information content (AvgIpc) is 3.20. The minimum atomic E-state index is 0.0877. The van der Waals surface area contributed by atoms with Crippen molar-refractivity contribution in [1.82, 2.24) is 9.97 Å². The molecule has 2 atom stereocenters. The van der Waals surface area contributed by atoms with Crippen LogP contribution in [-0.2, 0) is 21.7 Å². The lowest BCUT2D eigenvalue weighted by Gasteiger charge is -2.63. The van der Waals surface area contributed by atoms with Crippen molar-refractivity contribution in [3.8, 4) is 51.1 Å². The summed E-state index contributed by atoms with van der Waals surface area (Å²) in [4.78, 5) is 10.5. The van der Waals surface area contributed by atoms with E-state index in [1.165, 1.54) is 66.3 Å². The Morgan fingerprint density at radius 1 is 0.518 bits per heavy atom. The molecule has 0 N–H and O–H groups in total. The third-order valence-electron chi connectivity index (χ3n) is 13.5. The molecule has 1 heterocycles. The van der Waals surface area contributed by atoms with Crippen LogP contribution in [0.15, 0.2) is 127 Å². The van der Waals surface area contributed by atoms with Crippen LogP contribution in [0.2, 0.25) is 0 Å². The van der Waals surface area contributed by atoms with Crippen molar-refractivity contribution >= 4 is 0 Å². The predicted octanol–water partition coefficient (Wildman–Crippen LogP) is 13.4. The zero-order valence-corrected chi connectivity index (χ0v) is 33.9. The molecule has 0 amide bonds. The van der Waals surface area contributed by atoms with Crippen LogP contribution in [0.4, 0.5) is 0 Å². The van der Waals surface area contributed by atoms with E-state index in [1.54, 1.807) is 0 Å². The maximum Gasteiger partial charge on any atom is 0.160 e. The van der Waals surface area contributed by atoms with Gasteiger partial charge in [0, 0.05) is 16.7 Å². The molecular weight excluding hydrogens is 679 g/mol. The van der Waals surface area contributed by atoms with Gasteiger partial charge in [0.25, 0.3) is 0 Å². The Bertz CT molecular complexity index is 2340. The van der Waals surface area contributed by atoms with E-state index in [9.17, 15) is 5.26 Å². The number of aromatic nitrogens is 2. The van der Waals surface area contributed by atoms with E-state index in [1.807, 2.05) is 18.2 Å². The lowest BCUT2D eigenvalue weighted by molar-refractivity contribution is -0.0281. The van der Waals surface area contributed by atoms with Gasteiger partial charge in [0.05, 0.1) is 23.0 Å². The van der Waals surface area contributed by atoms with Crippen LogP contribution in [0.5, 0.6) is 0 Å². The van der Waals surface area contributed by atoms with Gasteiger partial charge in [-0.05, 0) is 124 Å². The molecule has 5 aromatic carbocycles. The van der Waals surface area contributed by atoms with Gasteiger partial charge in [0.15, 0.2) is 5.82 Å². The maximum atomic E-state index is 9.45. The predicted molar refractivity (Wildman–Crippen MR) is 230 cm³/mol. The Morgan fingerprint density at radius 3 is 1.41 bits per heavy atom. The lowest BCUT2D eigenvalue weighted by Crippen LogP contribution is -2.55. The summed E-state index contributed by atoms with van der Waals surface area (Å²) in [5.74, 6) is 2.30. The molecule has 2 unspecified atom stereocenters. The van der Waals surface area contributed by atoms with Crippen LogP contribution in [-0.4, -0.2) is 9.97 Å². The second kappa shape index (κ2) is 13.4. The SMILES string of the molecule is CC(C)(C)c1ccc(-c2cc(-c3ccc(C(C)(C)C)cc3)nc(-c3ccc(C45CC6CC(CC(c7ccc(-c8cccc(C#N)c8)cc7)(C6)C4)C5)cc3)n2)cc1. The van der Waals surface area contributed by atoms with E-state index >= 15 is 0 Å². The zero-order valence-electron chi connectivity index (χ0n) is 33.9. The molecule has 3 nitrogen and oxygen atoms in total. The van der Waals surface area contributed by atoms with Crippen molar-refractivity contribution in [2.75, 3.05) is 0 Å². The van der Waals surface area contributed by atoms with Crippen LogP contribution in [0.3, 0.4) is 0 Å². The van der Waals surface area contributed by atoms with Gasteiger partial charge < -0.3 is 0 Å². The fourth-order valence-electron chi connectivity index (χ4n) is 10.8. The number of hydrogen-bond donors (Lipinski definition) is 0. The summed E-state index contributed by atoms with van der Waals surface area (Å²) < 4.78 is 0. The van der Waals surface area contributed by atoms with E-state index in [-0.39, 0.29) is 21.7 Å². The Balaban J connectivity index is 1.04. The van der Waals surface area contributed by atoms with Crippen LogP contribution in [0.1, 0.15) is 108 Å². The Labute approximate surface area is 333 Å². The highest BCUT2D eigenvalue weighted by Gasteiger charge is 2.58. The monoisotopic (exact) mass is 731 g/mol. The smallest absolute Gasteiger partial charge is 0.160 e. The third-order valence-corrected chi connectivity index (χ3v) is 13.5. The number of rotatable bonds is 6. The fraction of sp³-hybridized carbons (Fsp3) is 0.340. The molecule has 10 rings (SSSR count). The topological polar surface area (TPSA) is 49.6 Å². The Morgan fingerprint density at radius 2 is 0.964 bits per heavy atom. The van der Waals surface area contributed by atoms with Gasteiger partial charge in [-0.2, -0.15) is 5.26 Å². The Hall–Kier alpha value is -5.33. The van der Waals surface area contributed by atoms with E-state index in [4.69, 9.17) is 9.97 Å². The molecule has 4 fully saturated rings. The van der Waals surface area contributed by atoms with Gasteiger partial charge in [-0.3, -0.25) is 0 Å². The van der Waals surface area contributed by atoms with Gasteiger partial charge in [-0.1, -0.05) is 151 Å². The first-order valence-corrected chi connectivity index (χ1v) is 20.6. The Kier molecular flexibility index (Phi) is 8.70. The van der Waals surface area contributed by atoms with Gasteiger partial charge in [0.1, 0.15) is 0 Å². The number of nitrogens with zero attached hydrogens (tertiary/aromatic N) is 3. The highest BCUT2D eigenvalue weighted by molar-refractivity contribution is 5.72. The van der Waals surface area contributed by atoms with Gasteiger partial charge in [-0.15, -0.1) is 0 Å². The molecule has 0 spiro atoms. The quantitative estimate of drug-likeness (QED) is 0.171. The molecule has 1 aromatic heterocycles. The van der Waals surface area contributed by atoms with Gasteiger partial charge in [0.2, 0.25) is 0 Å². The standard InChI is InChI=1S/C53H53N3/c1-50(2,3)43-18-12-39(13-19-43)47-28-48(40-14-20-44(21-15-40)51(4,5)6)56-49(55-47)41-16-24-46(25-17-41)53-31-36-26-37(32-53)30-52(29-36,34-53)45-22-10-38(11-23-45)42-9-7-8-35(27-42)33-54/h7-25,27-28,36-37H,26,29-32,34H2,1-6H3. The van der Waals surface area contributed by atoms with Crippen LogP contribution >= 0.6 is 0 Å². The zero-order chi connectivity index (χ0) is 38.9. The first kappa shape index (κ1) is 36.3. The maximum absolute atomic E-state index is 9.45.